The maximum atomic E-state index is 2.89. The fraction of sp³-hybridized carbons (Fsp3) is 0.824. The molecule has 1 heterocycles. The van der Waals surface area contributed by atoms with E-state index in [0.717, 1.165) is 63.0 Å². The Balaban J connectivity index is 1.23. The van der Waals surface area contributed by atoms with Crippen molar-refractivity contribution in [3.05, 3.63) is 35.4 Å². The van der Waals surface area contributed by atoms with Crippen LogP contribution in [0, 0.1) is 35.5 Å². The SMILES string of the molecule is CC1C(C)C([Si](C)(C)C2CCC3C(c4ccc(C(C)(C)C)cc4)CCCC32)C2SC3CCCCC3C12. The highest BCUT2D eigenvalue weighted by molar-refractivity contribution is 8.01. The Morgan fingerprint density at radius 3 is 2.17 bits per heavy atom. The van der Waals surface area contributed by atoms with E-state index < -0.39 is 8.07 Å². The Bertz CT molecular complexity index is 927. The van der Waals surface area contributed by atoms with Crippen LogP contribution in [0.5, 0.6) is 0 Å². The van der Waals surface area contributed by atoms with Crippen LogP contribution in [-0.4, -0.2) is 18.6 Å². The van der Waals surface area contributed by atoms with E-state index in [1.54, 1.807) is 18.4 Å². The van der Waals surface area contributed by atoms with Crippen molar-refractivity contribution in [2.75, 3.05) is 0 Å². The maximum Gasteiger partial charge on any atom is 0.0553 e. The summed E-state index contributed by atoms with van der Waals surface area (Å²) in [5.41, 5.74) is 5.54. The zero-order valence-electron chi connectivity index (χ0n) is 24.4. The summed E-state index contributed by atoms with van der Waals surface area (Å²) in [4.78, 5) is 0. The van der Waals surface area contributed by atoms with Crippen molar-refractivity contribution in [1.82, 2.24) is 0 Å². The average molecular weight is 523 g/mol. The Morgan fingerprint density at radius 1 is 0.750 bits per heavy atom. The van der Waals surface area contributed by atoms with Crippen molar-refractivity contribution < 1.29 is 0 Å². The summed E-state index contributed by atoms with van der Waals surface area (Å²) >= 11 is 2.53. The van der Waals surface area contributed by atoms with Gasteiger partial charge in [0.25, 0.3) is 0 Å². The van der Waals surface area contributed by atoms with Crippen molar-refractivity contribution in [1.29, 1.82) is 0 Å². The minimum Gasteiger partial charge on any atom is -0.155 e. The topological polar surface area (TPSA) is 0 Å². The fourth-order valence-electron chi connectivity index (χ4n) is 11.0. The zero-order valence-corrected chi connectivity index (χ0v) is 26.2. The normalized spacial score (nSPS) is 44.8. The Labute approximate surface area is 228 Å². The lowest BCUT2D eigenvalue weighted by Gasteiger charge is -2.46. The fourth-order valence-corrected chi connectivity index (χ4v) is 20.2. The Kier molecular flexibility index (Phi) is 6.84. The molecule has 1 aliphatic heterocycles. The third-order valence-corrected chi connectivity index (χ3v) is 20.1. The molecule has 0 N–H and O–H groups in total. The molecule has 11 atom stereocenters. The van der Waals surface area contributed by atoms with E-state index in [4.69, 9.17) is 0 Å². The smallest absolute Gasteiger partial charge is 0.0553 e. The van der Waals surface area contributed by atoms with Crippen molar-refractivity contribution in [2.45, 2.75) is 138 Å². The number of thioether (sulfide) groups is 1. The molecule has 6 rings (SSSR count). The number of fused-ring (bicyclic) bond motifs is 4. The zero-order chi connectivity index (χ0) is 25.4. The molecule has 36 heavy (non-hydrogen) atoms. The monoisotopic (exact) mass is 522 g/mol. The second kappa shape index (κ2) is 9.46. The van der Waals surface area contributed by atoms with Gasteiger partial charge in [0, 0.05) is 10.5 Å². The third kappa shape index (κ3) is 4.13. The van der Waals surface area contributed by atoms with E-state index >= 15 is 0 Å². The molecule has 1 aromatic carbocycles. The number of rotatable bonds is 3. The van der Waals surface area contributed by atoms with Gasteiger partial charge in [-0.2, -0.15) is 11.8 Å². The van der Waals surface area contributed by atoms with Crippen LogP contribution >= 0.6 is 11.8 Å². The molecule has 0 spiro atoms. The molecular formula is C34H54SSi. The molecule has 11 unspecified atom stereocenters. The van der Waals surface area contributed by atoms with Crippen LogP contribution in [0.4, 0.5) is 0 Å². The summed E-state index contributed by atoms with van der Waals surface area (Å²) in [5, 5.41) is 2.02. The van der Waals surface area contributed by atoms with Crippen molar-refractivity contribution >= 4 is 19.8 Å². The maximum absolute atomic E-state index is 2.89. The lowest BCUT2D eigenvalue weighted by atomic mass is 9.70. The molecule has 0 nitrogen and oxygen atoms in total. The molecule has 1 saturated heterocycles. The van der Waals surface area contributed by atoms with Gasteiger partial charge in [-0.25, -0.2) is 0 Å². The second-order valence-electron chi connectivity index (χ2n) is 15.7. The van der Waals surface area contributed by atoms with Crippen LogP contribution in [0.1, 0.15) is 109 Å². The minimum absolute atomic E-state index is 0.254. The molecule has 4 aliphatic carbocycles. The third-order valence-electron chi connectivity index (χ3n) is 12.8. The van der Waals surface area contributed by atoms with Gasteiger partial charge in [-0.3, -0.25) is 0 Å². The van der Waals surface area contributed by atoms with Crippen LogP contribution in [0.3, 0.4) is 0 Å². The molecule has 1 aromatic rings. The van der Waals surface area contributed by atoms with Crippen molar-refractivity contribution in [3.8, 4) is 0 Å². The summed E-state index contributed by atoms with van der Waals surface area (Å²) in [6, 6.07) is 9.93. The summed E-state index contributed by atoms with van der Waals surface area (Å²) in [6.07, 6.45) is 13.6. The first-order valence-electron chi connectivity index (χ1n) is 15.8. The van der Waals surface area contributed by atoms with Crippen LogP contribution < -0.4 is 0 Å². The van der Waals surface area contributed by atoms with Crippen LogP contribution in [0.25, 0.3) is 0 Å². The Morgan fingerprint density at radius 2 is 1.44 bits per heavy atom. The molecule has 0 radical (unpaired) electrons. The molecule has 0 bridgehead atoms. The molecule has 0 aromatic heterocycles. The van der Waals surface area contributed by atoms with E-state index in [9.17, 15) is 0 Å². The van der Waals surface area contributed by atoms with E-state index in [-0.39, 0.29) is 5.41 Å². The Hall–Kier alpha value is -0.213. The van der Waals surface area contributed by atoms with Crippen LogP contribution in [-0.2, 0) is 5.41 Å². The molecule has 5 aliphatic rings. The van der Waals surface area contributed by atoms with Gasteiger partial charge in [0.05, 0.1) is 8.07 Å². The van der Waals surface area contributed by atoms with Crippen molar-refractivity contribution in [2.24, 2.45) is 35.5 Å². The lowest BCUT2D eigenvalue weighted by Crippen LogP contribution is -2.45. The molecule has 200 valence electrons. The van der Waals surface area contributed by atoms with Gasteiger partial charge in [0.15, 0.2) is 0 Å². The lowest BCUT2D eigenvalue weighted by molar-refractivity contribution is 0.221. The first kappa shape index (κ1) is 26.0. The van der Waals surface area contributed by atoms with E-state index in [1.807, 2.05) is 0 Å². The standard InChI is InChI=1S/C34H54SSi/c1-21-22(2)33(32-31(21)28-11-8-9-14-29(28)35-32)36(6,7)30-20-19-26-25(12-10-13-27(26)30)23-15-17-24(18-16-23)34(3,4)5/h15-18,21-22,25-33H,8-14,19-20H2,1-7H3. The predicted molar refractivity (Wildman–Crippen MR) is 162 cm³/mol. The van der Waals surface area contributed by atoms with Gasteiger partial charge in [0.1, 0.15) is 0 Å². The first-order valence-corrected chi connectivity index (χ1v) is 19.9. The largest absolute Gasteiger partial charge is 0.155 e. The molecule has 5 fully saturated rings. The summed E-state index contributed by atoms with van der Waals surface area (Å²) < 4.78 is 0. The highest BCUT2D eigenvalue weighted by Gasteiger charge is 2.62. The first-order chi connectivity index (χ1) is 17.1. The highest BCUT2D eigenvalue weighted by atomic mass is 32.2. The van der Waals surface area contributed by atoms with Crippen LogP contribution in [0.2, 0.25) is 24.2 Å². The highest BCUT2D eigenvalue weighted by Crippen LogP contribution is 2.69. The van der Waals surface area contributed by atoms with Crippen LogP contribution in [0.15, 0.2) is 24.3 Å². The van der Waals surface area contributed by atoms with E-state index in [0.29, 0.717) is 0 Å². The minimum atomic E-state index is -1.39. The van der Waals surface area contributed by atoms with Gasteiger partial charge < -0.3 is 0 Å². The number of benzene rings is 1. The van der Waals surface area contributed by atoms with Gasteiger partial charge in [-0.1, -0.05) is 104 Å². The quantitative estimate of drug-likeness (QED) is 0.356. The van der Waals surface area contributed by atoms with Gasteiger partial charge in [-0.15, -0.1) is 0 Å². The second-order valence-corrected chi connectivity index (χ2v) is 22.1. The summed E-state index contributed by atoms with van der Waals surface area (Å²) in [6.45, 7) is 18.2. The predicted octanol–water partition coefficient (Wildman–Crippen LogP) is 10.3. The molecule has 0 amide bonds. The molecule has 4 saturated carbocycles. The molecular weight excluding hydrogens is 469 g/mol. The van der Waals surface area contributed by atoms with Gasteiger partial charge in [-0.05, 0) is 94.7 Å². The summed E-state index contributed by atoms with van der Waals surface area (Å²) in [7, 11) is -1.39. The summed E-state index contributed by atoms with van der Waals surface area (Å²) in [5.74, 6) is 6.83. The number of hydrogen-bond acceptors (Lipinski definition) is 1. The average Bonchev–Trinajstić information content (AvgIpc) is 3.51. The van der Waals surface area contributed by atoms with Crippen molar-refractivity contribution in [3.63, 3.8) is 0 Å². The number of hydrogen-bond donors (Lipinski definition) is 0. The molecule has 2 heteroatoms. The van der Waals surface area contributed by atoms with Gasteiger partial charge in [0.2, 0.25) is 0 Å². The van der Waals surface area contributed by atoms with E-state index in [1.165, 1.54) is 50.5 Å². The van der Waals surface area contributed by atoms with Gasteiger partial charge >= 0.3 is 0 Å². The van der Waals surface area contributed by atoms with E-state index in [2.05, 4.69) is 83.7 Å².